The fourth-order valence-corrected chi connectivity index (χ4v) is 1.68. The first kappa shape index (κ1) is 7.68. The molecule has 0 saturated heterocycles. The zero-order valence-corrected chi connectivity index (χ0v) is 7.68. The molecule has 0 bridgehead atoms. The summed E-state index contributed by atoms with van der Waals surface area (Å²) in [5.41, 5.74) is 0. The van der Waals surface area contributed by atoms with Crippen LogP contribution in [0.4, 0.5) is 4.39 Å². The zero-order valence-electron chi connectivity index (χ0n) is 6.09. The third-order valence-corrected chi connectivity index (χ3v) is 2.29. The number of fused-ring (bicyclic) bond motifs is 1. The Kier molecular flexibility index (Phi) is 1.81. The molecule has 0 amide bonds. The Labute approximate surface area is 77.4 Å². The maximum Gasteiger partial charge on any atom is 0.132 e. The number of aromatic nitrogens is 1. The van der Waals surface area contributed by atoms with Gasteiger partial charge in [-0.2, -0.15) is 0 Å². The van der Waals surface area contributed by atoms with E-state index in [1.165, 1.54) is 6.07 Å². The van der Waals surface area contributed by atoms with E-state index >= 15 is 0 Å². The van der Waals surface area contributed by atoms with Crippen molar-refractivity contribution in [3.8, 4) is 0 Å². The maximum atomic E-state index is 13.2. The van der Waals surface area contributed by atoms with Crippen molar-refractivity contribution >= 4 is 26.7 Å². The highest BCUT2D eigenvalue weighted by Gasteiger charge is 2.02. The summed E-state index contributed by atoms with van der Waals surface area (Å²) in [5.74, 6) is -0.221. The van der Waals surface area contributed by atoms with E-state index in [0.717, 1.165) is 5.39 Å². The van der Waals surface area contributed by atoms with Gasteiger partial charge in [0.15, 0.2) is 0 Å². The Morgan fingerprint density at radius 2 is 2.08 bits per heavy atom. The van der Waals surface area contributed by atoms with Crippen molar-refractivity contribution in [2.24, 2.45) is 0 Å². The number of nitrogens with zero attached hydrogens (tertiary/aromatic N) is 1. The lowest BCUT2D eigenvalue weighted by Crippen LogP contribution is -1.81. The van der Waals surface area contributed by atoms with E-state index < -0.39 is 0 Å². The van der Waals surface area contributed by atoms with Crippen LogP contribution in [-0.2, 0) is 0 Å². The van der Waals surface area contributed by atoms with Gasteiger partial charge in [0.2, 0.25) is 0 Å². The molecule has 0 aliphatic rings. The lowest BCUT2D eigenvalue weighted by Gasteiger charge is -1.99. The maximum absolute atomic E-state index is 13.2. The normalized spacial score (nSPS) is 10.5. The Morgan fingerprint density at radius 1 is 1.25 bits per heavy atom. The van der Waals surface area contributed by atoms with Crippen LogP contribution >= 0.6 is 15.9 Å². The average molecular weight is 226 g/mol. The minimum atomic E-state index is -0.221. The average Bonchev–Trinajstić information content (AvgIpc) is 2.04. The Balaban J connectivity index is 2.96. The van der Waals surface area contributed by atoms with Gasteiger partial charge in [-0.3, -0.25) is 4.98 Å². The first-order valence-corrected chi connectivity index (χ1v) is 4.26. The third-order valence-electron chi connectivity index (χ3n) is 1.69. The molecule has 1 nitrogen and oxygen atoms in total. The summed E-state index contributed by atoms with van der Waals surface area (Å²) < 4.78 is 13.9. The Hall–Kier alpha value is -0.960. The molecule has 0 N–H and O–H groups in total. The van der Waals surface area contributed by atoms with E-state index in [4.69, 9.17) is 0 Å². The summed E-state index contributed by atoms with van der Waals surface area (Å²) in [6.45, 7) is 0. The van der Waals surface area contributed by atoms with Crippen molar-refractivity contribution in [3.05, 3.63) is 40.9 Å². The van der Waals surface area contributed by atoms with Crippen LogP contribution in [0.5, 0.6) is 0 Å². The summed E-state index contributed by atoms with van der Waals surface area (Å²) in [6, 6.07) is 4.94. The molecule has 0 aliphatic carbocycles. The van der Waals surface area contributed by atoms with Crippen LogP contribution in [0.1, 0.15) is 0 Å². The lowest BCUT2D eigenvalue weighted by atomic mass is 10.2. The highest BCUT2D eigenvalue weighted by atomic mass is 79.9. The van der Waals surface area contributed by atoms with E-state index in [9.17, 15) is 4.39 Å². The quantitative estimate of drug-likeness (QED) is 0.672. The van der Waals surface area contributed by atoms with Gasteiger partial charge in [0.25, 0.3) is 0 Å². The molecule has 60 valence electrons. The van der Waals surface area contributed by atoms with Crippen molar-refractivity contribution in [1.29, 1.82) is 0 Å². The molecule has 0 spiro atoms. The molecule has 12 heavy (non-hydrogen) atoms. The molecule has 3 heteroatoms. The van der Waals surface area contributed by atoms with Crippen LogP contribution in [0.15, 0.2) is 35.1 Å². The summed E-state index contributed by atoms with van der Waals surface area (Å²) in [4.78, 5) is 3.94. The zero-order chi connectivity index (χ0) is 8.55. The highest BCUT2D eigenvalue weighted by Crippen LogP contribution is 2.24. The van der Waals surface area contributed by atoms with Crippen LogP contribution in [0.3, 0.4) is 0 Å². The predicted octanol–water partition coefficient (Wildman–Crippen LogP) is 3.14. The van der Waals surface area contributed by atoms with E-state index in [1.54, 1.807) is 18.5 Å². The second kappa shape index (κ2) is 2.83. The standard InChI is InChI=1S/C9H5BrFN/c10-7-5-12-4-6-2-1-3-8(11)9(6)7/h1-5H. The van der Waals surface area contributed by atoms with Gasteiger partial charge in [-0.15, -0.1) is 0 Å². The molecular formula is C9H5BrFN. The Bertz CT molecular complexity index is 391. The van der Waals surface area contributed by atoms with Crippen molar-refractivity contribution in [2.45, 2.75) is 0 Å². The smallest absolute Gasteiger partial charge is 0.132 e. The number of rotatable bonds is 0. The number of hydrogen-bond acceptors (Lipinski definition) is 1. The number of pyridine rings is 1. The van der Waals surface area contributed by atoms with Crippen LogP contribution in [0.25, 0.3) is 10.8 Å². The highest BCUT2D eigenvalue weighted by molar-refractivity contribution is 9.10. The second-order valence-corrected chi connectivity index (χ2v) is 3.31. The van der Waals surface area contributed by atoms with Crippen LogP contribution in [0.2, 0.25) is 0 Å². The first-order chi connectivity index (χ1) is 5.79. The summed E-state index contributed by atoms with van der Waals surface area (Å²) in [7, 11) is 0. The lowest BCUT2D eigenvalue weighted by molar-refractivity contribution is 0.639. The fraction of sp³-hybridized carbons (Fsp3) is 0. The van der Waals surface area contributed by atoms with Gasteiger partial charge in [-0.05, 0) is 22.0 Å². The van der Waals surface area contributed by atoms with Gasteiger partial charge >= 0.3 is 0 Å². The van der Waals surface area contributed by atoms with E-state index in [2.05, 4.69) is 20.9 Å². The van der Waals surface area contributed by atoms with Gasteiger partial charge in [0.1, 0.15) is 5.82 Å². The van der Waals surface area contributed by atoms with Gasteiger partial charge in [-0.1, -0.05) is 12.1 Å². The van der Waals surface area contributed by atoms with Gasteiger partial charge < -0.3 is 0 Å². The van der Waals surface area contributed by atoms with Crippen molar-refractivity contribution in [2.75, 3.05) is 0 Å². The van der Waals surface area contributed by atoms with E-state index in [0.29, 0.717) is 9.86 Å². The summed E-state index contributed by atoms with van der Waals surface area (Å²) in [5, 5.41) is 1.40. The molecule has 0 fully saturated rings. The predicted molar refractivity (Wildman–Crippen MR) is 49.4 cm³/mol. The molecule has 0 saturated carbocycles. The minimum absolute atomic E-state index is 0.221. The van der Waals surface area contributed by atoms with Crippen LogP contribution in [-0.4, -0.2) is 4.98 Å². The monoisotopic (exact) mass is 225 g/mol. The topological polar surface area (TPSA) is 12.9 Å². The number of benzene rings is 1. The van der Waals surface area contributed by atoms with Crippen molar-refractivity contribution in [3.63, 3.8) is 0 Å². The van der Waals surface area contributed by atoms with Crippen LogP contribution in [0, 0.1) is 5.82 Å². The van der Waals surface area contributed by atoms with E-state index in [1.807, 2.05) is 6.07 Å². The molecule has 0 radical (unpaired) electrons. The fourth-order valence-electron chi connectivity index (χ4n) is 1.15. The molecule has 1 aromatic heterocycles. The molecule has 0 atom stereocenters. The second-order valence-electron chi connectivity index (χ2n) is 2.46. The third kappa shape index (κ3) is 1.10. The number of hydrogen-bond donors (Lipinski definition) is 0. The van der Waals surface area contributed by atoms with Gasteiger partial charge in [0, 0.05) is 27.6 Å². The van der Waals surface area contributed by atoms with E-state index in [-0.39, 0.29) is 5.82 Å². The Morgan fingerprint density at radius 3 is 2.83 bits per heavy atom. The van der Waals surface area contributed by atoms with Gasteiger partial charge in [0.05, 0.1) is 0 Å². The minimum Gasteiger partial charge on any atom is -0.263 e. The largest absolute Gasteiger partial charge is 0.263 e. The molecule has 2 aromatic rings. The summed E-state index contributed by atoms with van der Waals surface area (Å²) in [6.07, 6.45) is 3.23. The van der Waals surface area contributed by atoms with Gasteiger partial charge in [-0.25, -0.2) is 4.39 Å². The SMILES string of the molecule is Fc1cccc2cncc(Br)c12. The first-order valence-electron chi connectivity index (χ1n) is 3.47. The molecule has 1 aromatic carbocycles. The van der Waals surface area contributed by atoms with Crippen molar-refractivity contribution in [1.82, 2.24) is 4.98 Å². The molecular weight excluding hydrogens is 221 g/mol. The molecule has 0 aliphatic heterocycles. The van der Waals surface area contributed by atoms with Crippen LogP contribution < -0.4 is 0 Å². The molecule has 0 unspecified atom stereocenters. The molecule has 1 heterocycles. The van der Waals surface area contributed by atoms with Crippen molar-refractivity contribution < 1.29 is 4.39 Å². The molecule has 2 rings (SSSR count). The number of halogens is 2. The summed E-state index contributed by atoms with van der Waals surface area (Å²) >= 11 is 3.25.